The standard InChI is InChI=1S/C19H20F3NO4/c1-12-14(8-5-9-15(12)19(20,21)22)17(25)16(24)10-23-18(26)27-11-13-6-3-2-4-7-13/h2-9,16-17,24-25H,10-11H2,1H3,(H,23,26). The highest BCUT2D eigenvalue weighted by atomic mass is 19.4. The molecule has 0 aliphatic heterocycles. The molecular formula is C19H20F3NO4. The van der Waals surface area contributed by atoms with E-state index < -0.39 is 30.0 Å². The van der Waals surface area contributed by atoms with Gasteiger partial charge in [0.05, 0.1) is 5.56 Å². The molecule has 3 N–H and O–H groups in total. The van der Waals surface area contributed by atoms with Crippen LogP contribution in [-0.4, -0.2) is 29.0 Å². The SMILES string of the molecule is Cc1c(C(O)C(O)CNC(=O)OCc2ccccc2)cccc1C(F)(F)F. The van der Waals surface area contributed by atoms with Crippen molar-refractivity contribution in [1.82, 2.24) is 5.32 Å². The summed E-state index contributed by atoms with van der Waals surface area (Å²) >= 11 is 0. The Labute approximate surface area is 154 Å². The van der Waals surface area contributed by atoms with Crippen LogP contribution in [0.15, 0.2) is 48.5 Å². The van der Waals surface area contributed by atoms with Crippen LogP contribution in [-0.2, 0) is 17.5 Å². The molecule has 0 radical (unpaired) electrons. The van der Waals surface area contributed by atoms with E-state index in [2.05, 4.69) is 5.32 Å². The van der Waals surface area contributed by atoms with Gasteiger partial charge in [0.15, 0.2) is 0 Å². The van der Waals surface area contributed by atoms with Crippen LogP contribution in [0.1, 0.15) is 28.4 Å². The molecule has 2 unspecified atom stereocenters. The number of carbonyl (C=O) groups excluding carboxylic acids is 1. The molecule has 2 aromatic rings. The molecule has 0 saturated heterocycles. The number of aliphatic hydroxyl groups excluding tert-OH is 2. The van der Waals surface area contributed by atoms with Gasteiger partial charge in [0, 0.05) is 6.54 Å². The first-order chi connectivity index (χ1) is 12.7. The van der Waals surface area contributed by atoms with E-state index in [1.807, 2.05) is 6.07 Å². The normalized spacial score (nSPS) is 13.7. The number of nitrogens with one attached hydrogen (secondary N) is 1. The van der Waals surface area contributed by atoms with Gasteiger partial charge in [0.25, 0.3) is 0 Å². The highest BCUT2D eigenvalue weighted by Crippen LogP contribution is 2.35. The highest BCUT2D eigenvalue weighted by Gasteiger charge is 2.34. The predicted octanol–water partition coefficient (Wildman–Crippen LogP) is 3.33. The summed E-state index contributed by atoms with van der Waals surface area (Å²) in [5, 5.41) is 22.5. The first kappa shape index (κ1) is 20.7. The van der Waals surface area contributed by atoms with Crippen LogP contribution < -0.4 is 5.32 Å². The molecule has 2 aromatic carbocycles. The van der Waals surface area contributed by atoms with Crippen molar-refractivity contribution in [2.75, 3.05) is 6.54 Å². The number of amides is 1. The first-order valence-corrected chi connectivity index (χ1v) is 8.17. The molecule has 0 saturated carbocycles. The number of carbonyl (C=O) groups is 1. The lowest BCUT2D eigenvalue weighted by molar-refractivity contribution is -0.138. The predicted molar refractivity (Wildman–Crippen MR) is 91.8 cm³/mol. The van der Waals surface area contributed by atoms with Crippen molar-refractivity contribution in [3.63, 3.8) is 0 Å². The lowest BCUT2D eigenvalue weighted by atomic mass is 9.95. The molecule has 27 heavy (non-hydrogen) atoms. The Bertz CT molecular complexity index is 765. The van der Waals surface area contributed by atoms with Crippen LogP contribution in [0.25, 0.3) is 0 Å². The molecule has 1 amide bonds. The van der Waals surface area contributed by atoms with E-state index in [4.69, 9.17) is 4.74 Å². The fraction of sp³-hybridized carbons (Fsp3) is 0.316. The lowest BCUT2D eigenvalue weighted by Gasteiger charge is -2.22. The van der Waals surface area contributed by atoms with Crippen molar-refractivity contribution in [3.8, 4) is 0 Å². The Hall–Kier alpha value is -2.58. The number of ether oxygens (including phenoxy) is 1. The smallest absolute Gasteiger partial charge is 0.416 e. The fourth-order valence-corrected chi connectivity index (χ4v) is 2.56. The Kier molecular flexibility index (Phi) is 6.81. The van der Waals surface area contributed by atoms with Gasteiger partial charge in [-0.25, -0.2) is 4.79 Å². The Morgan fingerprint density at radius 3 is 2.41 bits per heavy atom. The van der Waals surface area contributed by atoms with Gasteiger partial charge in [-0.2, -0.15) is 13.2 Å². The summed E-state index contributed by atoms with van der Waals surface area (Å²) in [6, 6.07) is 12.3. The van der Waals surface area contributed by atoms with Gasteiger partial charge in [-0.05, 0) is 29.7 Å². The Morgan fingerprint density at radius 2 is 1.78 bits per heavy atom. The number of aliphatic hydroxyl groups is 2. The average Bonchev–Trinajstić information content (AvgIpc) is 2.64. The second-order valence-electron chi connectivity index (χ2n) is 5.97. The number of alkyl carbamates (subject to hydrolysis) is 1. The van der Waals surface area contributed by atoms with Crippen LogP contribution in [0, 0.1) is 6.92 Å². The molecule has 0 aliphatic rings. The third-order valence-electron chi connectivity index (χ3n) is 4.03. The summed E-state index contributed by atoms with van der Waals surface area (Å²) in [7, 11) is 0. The number of alkyl halides is 3. The third-order valence-corrected chi connectivity index (χ3v) is 4.03. The van der Waals surface area contributed by atoms with Gasteiger partial charge < -0.3 is 20.3 Å². The van der Waals surface area contributed by atoms with E-state index in [0.29, 0.717) is 0 Å². The van der Waals surface area contributed by atoms with Crippen molar-refractivity contribution in [3.05, 3.63) is 70.8 Å². The molecule has 0 aliphatic carbocycles. The Balaban J connectivity index is 1.92. The van der Waals surface area contributed by atoms with Crippen molar-refractivity contribution in [1.29, 1.82) is 0 Å². The largest absolute Gasteiger partial charge is 0.445 e. The van der Waals surface area contributed by atoms with E-state index in [0.717, 1.165) is 17.7 Å². The number of benzene rings is 2. The number of halogens is 3. The van der Waals surface area contributed by atoms with Crippen LogP contribution in [0.3, 0.4) is 0 Å². The van der Waals surface area contributed by atoms with Crippen molar-refractivity contribution in [2.45, 2.75) is 31.9 Å². The van der Waals surface area contributed by atoms with Gasteiger partial charge >= 0.3 is 12.3 Å². The molecule has 0 aromatic heterocycles. The minimum Gasteiger partial charge on any atom is -0.445 e. The maximum absolute atomic E-state index is 13.0. The van der Waals surface area contributed by atoms with Crippen LogP contribution >= 0.6 is 0 Å². The molecule has 0 fully saturated rings. The zero-order chi connectivity index (χ0) is 20.0. The molecule has 2 atom stereocenters. The number of hydrogen-bond donors (Lipinski definition) is 3. The van der Waals surface area contributed by atoms with Gasteiger partial charge in [-0.3, -0.25) is 0 Å². The first-order valence-electron chi connectivity index (χ1n) is 8.17. The van der Waals surface area contributed by atoms with E-state index in [-0.39, 0.29) is 24.3 Å². The molecule has 5 nitrogen and oxygen atoms in total. The minimum absolute atomic E-state index is 0.0259. The Morgan fingerprint density at radius 1 is 1.11 bits per heavy atom. The number of rotatable bonds is 6. The minimum atomic E-state index is -4.57. The van der Waals surface area contributed by atoms with E-state index in [9.17, 15) is 28.2 Å². The van der Waals surface area contributed by atoms with E-state index >= 15 is 0 Å². The van der Waals surface area contributed by atoms with Crippen LogP contribution in [0.2, 0.25) is 0 Å². The number of hydrogen-bond acceptors (Lipinski definition) is 4. The summed E-state index contributed by atoms with van der Waals surface area (Å²) in [6.45, 7) is 0.859. The summed E-state index contributed by atoms with van der Waals surface area (Å²) in [4.78, 5) is 11.7. The summed E-state index contributed by atoms with van der Waals surface area (Å²) in [5.74, 6) is 0. The zero-order valence-electron chi connectivity index (χ0n) is 14.5. The van der Waals surface area contributed by atoms with Gasteiger partial charge in [-0.1, -0.05) is 42.5 Å². The highest BCUT2D eigenvalue weighted by molar-refractivity contribution is 5.67. The second-order valence-corrected chi connectivity index (χ2v) is 5.97. The molecule has 0 spiro atoms. The average molecular weight is 383 g/mol. The van der Waals surface area contributed by atoms with Crippen molar-refractivity contribution >= 4 is 6.09 Å². The topological polar surface area (TPSA) is 78.8 Å². The van der Waals surface area contributed by atoms with Gasteiger partial charge in [0.1, 0.15) is 18.8 Å². The quantitative estimate of drug-likeness (QED) is 0.715. The maximum atomic E-state index is 13.0. The fourth-order valence-electron chi connectivity index (χ4n) is 2.56. The van der Waals surface area contributed by atoms with E-state index in [1.165, 1.54) is 13.0 Å². The van der Waals surface area contributed by atoms with Crippen LogP contribution in [0.5, 0.6) is 0 Å². The molecular weight excluding hydrogens is 363 g/mol. The van der Waals surface area contributed by atoms with Gasteiger partial charge in [-0.15, -0.1) is 0 Å². The molecule has 0 bridgehead atoms. The second kappa shape index (κ2) is 8.88. The van der Waals surface area contributed by atoms with Crippen molar-refractivity contribution < 1.29 is 32.9 Å². The lowest BCUT2D eigenvalue weighted by Crippen LogP contribution is -2.36. The summed E-state index contributed by atoms with van der Waals surface area (Å²) in [5.41, 5.74) is -0.353. The molecule has 8 heteroatoms. The zero-order valence-corrected chi connectivity index (χ0v) is 14.5. The van der Waals surface area contributed by atoms with Crippen LogP contribution in [0.4, 0.5) is 18.0 Å². The monoisotopic (exact) mass is 383 g/mol. The summed E-state index contributed by atoms with van der Waals surface area (Å²) in [6.07, 6.45) is -8.48. The third kappa shape index (κ3) is 5.70. The summed E-state index contributed by atoms with van der Waals surface area (Å²) < 4.78 is 43.8. The molecule has 0 heterocycles. The van der Waals surface area contributed by atoms with Gasteiger partial charge in [0.2, 0.25) is 0 Å². The van der Waals surface area contributed by atoms with E-state index in [1.54, 1.807) is 24.3 Å². The maximum Gasteiger partial charge on any atom is 0.416 e. The molecule has 2 rings (SSSR count). The van der Waals surface area contributed by atoms with Crippen molar-refractivity contribution in [2.24, 2.45) is 0 Å². The molecule has 146 valence electrons.